The second-order valence-electron chi connectivity index (χ2n) is 8.40. The Morgan fingerprint density at radius 2 is 1.92 bits per heavy atom. The molecule has 4 aliphatic rings. The summed E-state index contributed by atoms with van der Waals surface area (Å²) in [7, 11) is 0. The highest BCUT2D eigenvalue weighted by Gasteiger charge is 2.54. The van der Waals surface area contributed by atoms with Crippen molar-refractivity contribution in [2.75, 3.05) is 6.54 Å². The lowest BCUT2D eigenvalue weighted by Crippen LogP contribution is -2.53. The molecule has 2 aromatic heterocycles. The minimum Gasteiger partial charge on any atom is -0.354 e. The summed E-state index contributed by atoms with van der Waals surface area (Å²) in [5.41, 5.74) is 0.975. The first-order chi connectivity index (χ1) is 12.2. The molecule has 0 spiro atoms. The van der Waals surface area contributed by atoms with Crippen molar-refractivity contribution < 1.29 is 4.79 Å². The summed E-state index contributed by atoms with van der Waals surface area (Å²) in [6, 6.07) is 6.18. The zero-order valence-electron chi connectivity index (χ0n) is 14.5. The largest absolute Gasteiger partial charge is 0.354 e. The molecule has 2 aromatic rings. The highest BCUT2D eigenvalue weighted by Crippen LogP contribution is 2.60. The summed E-state index contributed by atoms with van der Waals surface area (Å²) in [5.74, 6) is 2.77. The van der Waals surface area contributed by atoms with E-state index >= 15 is 0 Å². The standard InChI is InChI=1S/C20H25N3OS/c24-19(20-11-14-8-15(12-20)10-16(9-14)13-20)21-4-6-23-5-3-17(22-23)18-2-1-7-25-18/h1-3,5,7,14-16H,4,6,8-13H2,(H,21,24). The molecule has 0 aliphatic heterocycles. The Morgan fingerprint density at radius 1 is 1.20 bits per heavy atom. The highest BCUT2D eigenvalue weighted by atomic mass is 32.1. The van der Waals surface area contributed by atoms with Crippen molar-refractivity contribution in [1.29, 1.82) is 0 Å². The summed E-state index contributed by atoms with van der Waals surface area (Å²) in [6.07, 6.45) is 9.55. The number of aromatic nitrogens is 2. The second-order valence-corrected chi connectivity index (χ2v) is 9.34. The van der Waals surface area contributed by atoms with Gasteiger partial charge in [-0.05, 0) is 73.8 Å². The highest BCUT2D eigenvalue weighted by molar-refractivity contribution is 7.13. The molecule has 4 bridgehead atoms. The van der Waals surface area contributed by atoms with E-state index in [2.05, 4.69) is 21.9 Å². The van der Waals surface area contributed by atoms with Crippen molar-refractivity contribution in [3.63, 3.8) is 0 Å². The van der Waals surface area contributed by atoms with E-state index in [0.717, 1.165) is 49.3 Å². The van der Waals surface area contributed by atoms with Gasteiger partial charge in [0.05, 0.1) is 11.4 Å². The van der Waals surface area contributed by atoms with Crippen molar-refractivity contribution in [3.8, 4) is 10.6 Å². The lowest BCUT2D eigenvalue weighted by atomic mass is 9.49. The molecule has 0 unspecified atom stereocenters. The fourth-order valence-corrected chi connectivity index (χ4v) is 6.59. The maximum absolute atomic E-state index is 12.9. The van der Waals surface area contributed by atoms with Gasteiger partial charge in [0.2, 0.25) is 5.91 Å². The third kappa shape index (κ3) is 2.82. The van der Waals surface area contributed by atoms with E-state index in [0.29, 0.717) is 12.5 Å². The number of nitrogens with zero attached hydrogens (tertiary/aromatic N) is 2. The summed E-state index contributed by atoms with van der Waals surface area (Å²) in [6.45, 7) is 1.41. The molecule has 0 radical (unpaired) electrons. The number of nitrogens with one attached hydrogen (secondary N) is 1. The molecule has 132 valence electrons. The lowest BCUT2D eigenvalue weighted by molar-refractivity contribution is -0.146. The maximum atomic E-state index is 12.9. The molecular weight excluding hydrogens is 330 g/mol. The minimum absolute atomic E-state index is 0.0407. The number of hydrogen-bond donors (Lipinski definition) is 1. The van der Waals surface area contributed by atoms with Crippen LogP contribution in [0, 0.1) is 23.2 Å². The summed E-state index contributed by atoms with van der Waals surface area (Å²) in [5, 5.41) is 9.92. The molecule has 0 aromatic carbocycles. The van der Waals surface area contributed by atoms with Gasteiger partial charge in [0.25, 0.3) is 0 Å². The number of carbonyl (C=O) groups excluding carboxylic acids is 1. The van der Waals surface area contributed by atoms with Crippen molar-refractivity contribution in [2.24, 2.45) is 23.2 Å². The summed E-state index contributed by atoms with van der Waals surface area (Å²) < 4.78 is 1.94. The molecule has 4 fully saturated rings. The van der Waals surface area contributed by atoms with Crippen LogP contribution in [-0.4, -0.2) is 22.2 Å². The Morgan fingerprint density at radius 3 is 2.56 bits per heavy atom. The molecule has 2 heterocycles. The van der Waals surface area contributed by atoms with Crippen molar-refractivity contribution >= 4 is 17.2 Å². The molecular formula is C20H25N3OS. The molecule has 1 amide bonds. The van der Waals surface area contributed by atoms with E-state index in [4.69, 9.17) is 0 Å². The van der Waals surface area contributed by atoms with Gasteiger partial charge in [0.15, 0.2) is 0 Å². The van der Waals surface area contributed by atoms with Crippen LogP contribution in [0.5, 0.6) is 0 Å². The van der Waals surface area contributed by atoms with E-state index in [9.17, 15) is 4.79 Å². The van der Waals surface area contributed by atoms with Gasteiger partial charge in [-0.1, -0.05) is 6.07 Å². The molecule has 0 saturated heterocycles. The third-order valence-corrected chi connectivity index (χ3v) is 7.45. The van der Waals surface area contributed by atoms with Crippen LogP contribution >= 0.6 is 11.3 Å². The molecule has 4 nitrogen and oxygen atoms in total. The van der Waals surface area contributed by atoms with Gasteiger partial charge in [-0.15, -0.1) is 11.3 Å². The Hall–Kier alpha value is -1.62. The fourth-order valence-electron chi connectivity index (χ4n) is 5.90. The maximum Gasteiger partial charge on any atom is 0.226 e. The molecule has 1 N–H and O–H groups in total. The quantitative estimate of drug-likeness (QED) is 0.883. The summed E-state index contributed by atoms with van der Waals surface area (Å²) >= 11 is 1.70. The van der Waals surface area contributed by atoms with Gasteiger partial charge in [0.1, 0.15) is 5.69 Å². The first kappa shape index (κ1) is 15.6. The average Bonchev–Trinajstić information content (AvgIpc) is 3.25. The number of rotatable bonds is 5. The normalized spacial score (nSPS) is 32.9. The molecule has 5 heteroatoms. The first-order valence-corrected chi connectivity index (χ1v) is 10.4. The van der Waals surface area contributed by atoms with E-state index in [-0.39, 0.29) is 5.41 Å². The molecule has 6 rings (SSSR count). The zero-order chi connectivity index (χ0) is 16.9. The average molecular weight is 356 g/mol. The Bertz CT molecular complexity index is 728. The zero-order valence-corrected chi connectivity index (χ0v) is 15.3. The Kier molecular flexibility index (Phi) is 3.73. The van der Waals surface area contributed by atoms with Crippen LogP contribution in [-0.2, 0) is 11.3 Å². The van der Waals surface area contributed by atoms with Crippen molar-refractivity contribution in [3.05, 3.63) is 29.8 Å². The third-order valence-electron chi connectivity index (χ3n) is 6.56. The van der Waals surface area contributed by atoms with Crippen LogP contribution in [0.2, 0.25) is 0 Å². The molecule has 4 aliphatic carbocycles. The lowest BCUT2D eigenvalue weighted by Gasteiger charge is -2.55. The smallest absolute Gasteiger partial charge is 0.226 e. The number of thiophene rings is 1. The van der Waals surface area contributed by atoms with E-state index in [1.54, 1.807) is 11.3 Å². The number of carbonyl (C=O) groups is 1. The van der Waals surface area contributed by atoms with E-state index in [1.807, 2.05) is 23.0 Å². The Balaban J connectivity index is 1.19. The van der Waals surface area contributed by atoms with E-state index in [1.165, 1.54) is 24.1 Å². The first-order valence-electron chi connectivity index (χ1n) is 9.56. The predicted octanol–water partition coefficient (Wildman–Crippen LogP) is 3.94. The van der Waals surface area contributed by atoms with Crippen LogP contribution in [0.3, 0.4) is 0 Å². The molecule has 4 saturated carbocycles. The van der Waals surface area contributed by atoms with Gasteiger partial charge in [-0.25, -0.2) is 0 Å². The van der Waals surface area contributed by atoms with Crippen LogP contribution in [0.4, 0.5) is 0 Å². The minimum atomic E-state index is -0.0407. The van der Waals surface area contributed by atoms with Crippen molar-refractivity contribution in [1.82, 2.24) is 15.1 Å². The van der Waals surface area contributed by atoms with Crippen molar-refractivity contribution in [2.45, 2.75) is 45.1 Å². The monoisotopic (exact) mass is 355 g/mol. The van der Waals surface area contributed by atoms with Gasteiger partial charge >= 0.3 is 0 Å². The van der Waals surface area contributed by atoms with E-state index < -0.39 is 0 Å². The number of hydrogen-bond acceptors (Lipinski definition) is 3. The number of amides is 1. The van der Waals surface area contributed by atoms with Gasteiger partial charge < -0.3 is 5.32 Å². The topological polar surface area (TPSA) is 46.9 Å². The van der Waals surface area contributed by atoms with Gasteiger partial charge in [-0.2, -0.15) is 5.10 Å². The van der Waals surface area contributed by atoms with Crippen LogP contribution in [0.25, 0.3) is 10.6 Å². The summed E-state index contributed by atoms with van der Waals surface area (Å²) in [4.78, 5) is 14.1. The predicted molar refractivity (Wildman–Crippen MR) is 99.2 cm³/mol. The molecule has 0 atom stereocenters. The van der Waals surface area contributed by atoms with Crippen LogP contribution in [0.15, 0.2) is 29.8 Å². The SMILES string of the molecule is O=C(NCCn1ccc(-c2cccs2)n1)C12CC3CC(CC(C3)C1)C2. The van der Waals surface area contributed by atoms with Gasteiger partial charge in [-0.3, -0.25) is 9.48 Å². The Labute approximate surface area is 152 Å². The van der Waals surface area contributed by atoms with Crippen LogP contribution in [0.1, 0.15) is 38.5 Å². The fraction of sp³-hybridized carbons (Fsp3) is 0.600. The van der Waals surface area contributed by atoms with Crippen LogP contribution < -0.4 is 5.32 Å². The second kappa shape index (κ2) is 5.97. The van der Waals surface area contributed by atoms with Gasteiger partial charge in [0, 0.05) is 18.2 Å². The molecule has 25 heavy (non-hydrogen) atoms.